The Morgan fingerprint density at radius 3 is 2.24 bits per heavy atom. The second kappa shape index (κ2) is 5.68. The van der Waals surface area contributed by atoms with Crippen LogP contribution in [0.25, 0.3) is 0 Å². The van der Waals surface area contributed by atoms with Gasteiger partial charge in [0, 0.05) is 24.8 Å². The molecule has 0 aromatic carbocycles. The van der Waals surface area contributed by atoms with Crippen molar-refractivity contribution in [3.05, 3.63) is 0 Å². The van der Waals surface area contributed by atoms with Crippen molar-refractivity contribution in [1.29, 1.82) is 0 Å². The first-order chi connectivity index (χ1) is 8.12. The topological polar surface area (TPSA) is 38.5 Å². The zero-order chi connectivity index (χ0) is 12.3. The average Bonchev–Trinajstić information content (AvgIpc) is 2.33. The molecule has 1 heterocycles. The van der Waals surface area contributed by atoms with Gasteiger partial charge in [-0.1, -0.05) is 0 Å². The van der Waals surface area contributed by atoms with Crippen LogP contribution in [0, 0.1) is 5.92 Å². The van der Waals surface area contributed by atoms with E-state index in [1.54, 1.807) is 0 Å². The van der Waals surface area contributed by atoms with E-state index in [9.17, 15) is 0 Å². The molecular formula is C14H28N2O. The van der Waals surface area contributed by atoms with Gasteiger partial charge in [0.2, 0.25) is 0 Å². The summed E-state index contributed by atoms with van der Waals surface area (Å²) in [4.78, 5) is 2.47. The first kappa shape index (κ1) is 13.3. The summed E-state index contributed by atoms with van der Waals surface area (Å²) in [7, 11) is 4.49. The van der Waals surface area contributed by atoms with Crippen LogP contribution in [0.15, 0.2) is 0 Å². The molecular weight excluding hydrogens is 212 g/mol. The highest BCUT2D eigenvalue weighted by molar-refractivity contribution is 4.95. The maximum Gasteiger partial charge on any atom is 0.0468 e. The Kier molecular flexibility index (Phi) is 4.45. The minimum atomic E-state index is 0.415. The molecule has 17 heavy (non-hydrogen) atoms. The van der Waals surface area contributed by atoms with E-state index in [1.807, 2.05) is 0 Å². The van der Waals surface area contributed by atoms with E-state index in [0.717, 1.165) is 19.1 Å². The smallest absolute Gasteiger partial charge is 0.0468 e. The highest BCUT2D eigenvalue weighted by Gasteiger charge is 2.38. The number of ether oxygens (including phenoxy) is 1. The second-order valence-electron chi connectivity index (χ2n) is 6.22. The second-order valence-corrected chi connectivity index (χ2v) is 6.22. The predicted molar refractivity (Wildman–Crippen MR) is 71.0 cm³/mol. The summed E-state index contributed by atoms with van der Waals surface area (Å²) in [5.41, 5.74) is 6.47. The Bertz CT molecular complexity index is 228. The van der Waals surface area contributed by atoms with Gasteiger partial charge in [0.1, 0.15) is 0 Å². The molecule has 3 nitrogen and oxygen atoms in total. The van der Waals surface area contributed by atoms with Crippen LogP contribution in [0.1, 0.15) is 44.9 Å². The van der Waals surface area contributed by atoms with Gasteiger partial charge in [0.15, 0.2) is 0 Å². The van der Waals surface area contributed by atoms with Gasteiger partial charge in [-0.25, -0.2) is 0 Å². The molecule has 0 unspecified atom stereocenters. The van der Waals surface area contributed by atoms with Crippen LogP contribution in [0.5, 0.6) is 0 Å². The SMILES string of the molecule is CN(C)C1(CC2CCOCC2)CCC(N)CC1. The van der Waals surface area contributed by atoms with Crippen molar-refractivity contribution >= 4 is 0 Å². The van der Waals surface area contributed by atoms with Crippen molar-refractivity contribution in [2.75, 3.05) is 27.3 Å². The van der Waals surface area contributed by atoms with Gasteiger partial charge in [-0.3, -0.25) is 0 Å². The third-order valence-corrected chi connectivity index (χ3v) is 4.92. The molecule has 2 aliphatic rings. The summed E-state index contributed by atoms with van der Waals surface area (Å²) in [6.07, 6.45) is 8.79. The number of hydrogen-bond donors (Lipinski definition) is 1. The van der Waals surface area contributed by atoms with Crippen LogP contribution < -0.4 is 5.73 Å². The molecule has 0 bridgehead atoms. The van der Waals surface area contributed by atoms with Crippen molar-refractivity contribution in [3.63, 3.8) is 0 Å². The highest BCUT2D eigenvalue weighted by Crippen LogP contribution is 2.39. The third-order valence-electron chi connectivity index (χ3n) is 4.92. The molecule has 0 radical (unpaired) electrons. The lowest BCUT2D eigenvalue weighted by Crippen LogP contribution is -2.50. The number of hydrogen-bond acceptors (Lipinski definition) is 3. The van der Waals surface area contributed by atoms with Crippen LogP contribution in [-0.2, 0) is 4.74 Å². The van der Waals surface area contributed by atoms with Crippen molar-refractivity contribution in [3.8, 4) is 0 Å². The lowest BCUT2D eigenvalue weighted by Gasteiger charge is -2.47. The van der Waals surface area contributed by atoms with Crippen molar-refractivity contribution < 1.29 is 4.74 Å². The van der Waals surface area contributed by atoms with Gasteiger partial charge >= 0.3 is 0 Å². The predicted octanol–water partition coefficient (Wildman–Crippen LogP) is 2.00. The van der Waals surface area contributed by atoms with E-state index in [0.29, 0.717) is 11.6 Å². The molecule has 0 aromatic heterocycles. The normalized spacial score (nSPS) is 36.4. The van der Waals surface area contributed by atoms with E-state index >= 15 is 0 Å². The Hall–Kier alpha value is -0.120. The van der Waals surface area contributed by atoms with Crippen LogP contribution in [0.3, 0.4) is 0 Å². The van der Waals surface area contributed by atoms with Crippen molar-refractivity contribution in [1.82, 2.24) is 4.90 Å². The number of nitrogens with zero attached hydrogens (tertiary/aromatic N) is 1. The zero-order valence-electron chi connectivity index (χ0n) is 11.5. The van der Waals surface area contributed by atoms with E-state index < -0.39 is 0 Å². The van der Waals surface area contributed by atoms with Crippen LogP contribution >= 0.6 is 0 Å². The van der Waals surface area contributed by atoms with Crippen molar-refractivity contribution in [2.45, 2.75) is 56.5 Å². The largest absolute Gasteiger partial charge is 0.381 e. The fourth-order valence-corrected chi connectivity index (χ4v) is 3.50. The minimum Gasteiger partial charge on any atom is -0.381 e. The lowest BCUT2D eigenvalue weighted by atomic mass is 9.72. The molecule has 1 saturated carbocycles. The van der Waals surface area contributed by atoms with Gasteiger partial charge in [-0.2, -0.15) is 0 Å². The number of nitrogens with two attached hydrogens (primary N) is 1. The summed E-state index contributed by atoms with van der Waals surface area (Å²) >= 11 is 0. The van der Waals surface area contributed by atoms with E-state index in [4.69, 9.17) is 10.5 Å². The molecule has 100 valence electrons. The quantitative estimate of drug-likeness (QED) is 0.820. The fourth-order valence-electron chi connectivity index (χ4n) is 3.50. The van der Waals surface area contributed by atoms with E-state index in [1.165, 1.54) is 44.9 Å². The van der Waals surface area contributed by atoms with Crippen LogP contribution in [-0.4, -0.2) is 43.8 Å². The first-order valence-corrected chi connectivity index (χ1v) is 7.13. The van der Waals surface area contributed by atoms with Gasteiger partial charge in [-0.15, -0.1) is 0 Å². The molecule has 1 saturated heterocycles. The van der Waals surface area contributed by atoms with Crippen LogP contribution in [0.2, 0.25) is 0 Å². The summed E-state index contributed by atoms with van der Waals surface area (Å²) in [6.45, 7) is 1.93. The molecule has 1 aliphatic heterocycles. The molecule has 2 N–H and O–H groups in total. The molecule has 0 aromatic rings. The number of rotatable bonds is 3. The highest BCUT2D eigenvalue weighted by atomic mass is 16.5. The standard InChI is InChI=1S/C14H28N2O/c1-16(2)14(7-3-13(15)4-8-14)11-12-5-9-17-10-6-12/h12-13H,3-11,15H2,1-2H3. The monoisotopic (exact) mass is 240 g/mol. The molecule has 0 amide bonds. The molecule has 2 rings (SSSR count). The zero-order valence-corrected chi connectivity index (χ0v) is 11.5. The summed E-state index contributed by atoms with van der Waals surface area (Å²) in [5.74, 6) is 0.862. The van der Waals surface area contributed by atoms with Gasteiger partial charge in [0.25, 0.3) is 0 Å². The Morgan fingerprint density at radius 2 is 1.71 bits per heavy atom. The maximum absolute atomic E-state index is 6.05. The Labute approximate surface area is 106 Å². The Balaban J connectivity index is 1.96. The van der Waals surface area contributed by atoms with E-state index in [-0.39, 0.29) is 0 Å². The molecule has 2 fully saturated rings. The summed E-state index contributed by atoms with van der Waals surface area (Å²) < 4.78 is 5.47. The molecule has 0 spiro atoms. The van der Waals surface area contributed by atoms with Crippen molar-refractivity contribution in [2.24, 2.45) is 11.7 Å². The third kappa shape index (κ3) is 3.21. The van der Waals surface area contributed by atoms with Gasteiger partial charge < -0.3 is 15.4 Å². The van der Waals surface area contributed by atoms with Crippen LogP contribution in [0.4, 0.5) is 0 Å². The first-order valence-electron chi connectivity index (χ1n) is 7.13. The lowest BCUT2D eigenvalue weighted by molar-refractivity contribution is 0.0186. The van der Waals surface area contributed by atoms with Gasteiger partial charge in [0.05, 0.1) is 0 Å². The average molecular weight is 240 g/mol. The fraction of sp³-hybridized carbons (Fsp3) is 1.00. The molecule has 3 heteroatoms. The summed E-state index contributed by atoms with van der Waals surface area (Å²) in [5, 5.41) is 0. The Morgan fingerprint density at radius 1 is 1.12 bits per heavy atom. The molecule has 0 atom stereocenters. The van der Waals surface area contributed by atoms with Gasteiger partial charge in [-0.05, 0) is 65.0 Å². The van der Waals surface area contributed by atoms with E-state index in [2.05, 4.69) is 19.0 Å². The maximum atomic E-state index is 6.05. The summed E-state index contributed by atoms with van der Waals surface area (Å²) in [6, 6.07) is 0.442. The minimum absolute atomic E-state index is 0.415. The molecule has 1 aliphatic carbocycles.